The number of para-hydroxylation sites is 1. The lowest BCUT2D eigenvalue weighted by molar-refractivity contribution is 0.102. The fourth-order valence-corrected chi connectivity index (χ4v) is 5.05. The molecular weight excluding hydrogens is 378 g/mol. The van der Waals surface area contributed by atoms with E-state index < -0.39 is 15.7 Å². The van der Waals surface area contributed by atoms with Crippen molar-refractivity contribution in [3.8, 4) is 6.07 Å². The summed E-state index contributed by atoms with van der Waals surface area (Å²) in [7, 11) is -3.04. The standard InChI is InChI=1S/C19H21N5O3S/c1-3-24(15-8-9-28(26,27)12-15)18-10-17(21-13(2)22-18)19(25)23-16-7-5-4-6-14(16)11-20/h4-7,10,15H,3,8-9,12H2,1-2H3,(H,23,25). The van der Waals surface area contributed by atoms with Crippen LogP contribution in [0.2, 0.25) is 0 Å². The first-order valence-electron chi connectivity index (χ1n) is 8.96. The third kappa shape index (κ3) is 4.28. The molecule has 0 bridgehead atoms. The van der Waals surface area contributed by atoms with E-state index in [-0.39, 0.29) is 23.2 Å². The number of aryl methyl sites for hydroxylation is 1. The van der Waals surface area contributed by atoms with Gasteiger partial charge in [0.15, 0.2) is 9.84 Å². The van der Waals surface area contributed by atoms with E-state index in [1.54, 1.807) is 37.3 Å². The summed E-state index contributed by atoms with van der Waals surface area (Å²) >= 11 is 0. The van der Waals surface area contributed by atoms with E-state index in [0.29, 0.717) is 35.9 Å². The van der Waals surface area contributed by atoms with Gasteiger partial charge in [-0.2, -0.15) is 5.26 Å². The van der Waals surface area contributed by atoms with Crippen LogP contribution in [0.15, 0.2) is 30.3 Å². The molecule has 0 spiro atoms. The van der Waals surface area contributed by atoms with Crippen LogP contribution in [0.3, 0.4) is 0 Å². The Morgan fingerprint density at radius 2 is 2.11 bits per heavy atom. The summed E-state index contributed by atoms with van der Waals surface area (Å²) in [5.74, 6) is 0.730. The smallest absolute Gasteiger partial charge is 0.274 e. The first kappa shape index (κ1) is 19.8. The lowest BCUT2D eigenvalue weighted by Gasteiger charge is -2.28. The SMILES string of the molecule is CCN(c1cc(C(=O)Nc2ccccc2C#N)nc(C)n1)C1CCS(=O)(=O)C1. The highest BCUT2D eigenvalue weighted by molar-refractivity contribution is 7.91. The zero-order chi connectivity index (χ0) is 20.3. The minimum Gasteiger partial charge on any atom is -0.353 e. The van der Waals surface area contributed by atoms with Crippen LogP contribution in [-0.2, 0) is 9.84 Å². The van der Waals surface area contributed by atoms with Gasteiger partial charge in [0.2, 0.25) is 0 Å². The van der Waals surface area contributed by atoms with E-state index in [1.807, 2.05) is 17.9 Å². The van der Waals surface area contributed by atoms with Crippen LogP contribution in [0.25, 0.3) is 0 Å². The first-order valence-corrected chi connectivity index (χ1v) is 10.8. The topological polar surface area (TPSA) is 116 Å². The van der Waals surface area contributed by atoms with Gasteiger partial charge in [0.25, 0.3) is 5.91 Å². The molecule has 9 heteroatoms. The number of hydrogen-bond acceptors (Lipinski definition) is 7. The number of nitrogens with zero attached hydrogens (tertiary/aromatic N) is 4. The summed E-state index contributed by atoms with van der Waals surface area (Å²) in [5.41, 5.74) is 0.921. The quantitative estimate of drug-likeness (QED) is 0.816. The lowest BCUT2D eigenvalue weighted by atomic mass is 10.2. The van der Waals surface area contributed by atoms with Crippen molar-refractivity contribution in [3.63, 3.8) is 0 Å². The molecule has 8 nitrogen and oxygen atoms in total. The van der Waals surface area contributed by atoms with Crippen molar-refractivity contribution in [1.29, 1.82) is 5.26 Å². The van der Waals surface area contributed by atoms with Gasteiger partial charge in [0.1, 0.15) is 23.4 Å². The minimum atomic E-state index is -3.04. The number of anilines is 2. The van der Waals surface area contributed by atoms with Gasteiger partial charge < -0.3 is 10.2 Å². The average Bonchev–Trinajstić information content (AvgIpc) is 3.02. The number of sulfone groups is 1. The van der Waals surface area contributed by atoms with Crippen LogP contribution in [-0.4, -0.2) is 48.4 Å². The lowest BCUT2D eigenvalue weighted by Crippen LogP contribution is -2.37. The molecule has 0 aliphatic carbocycles. The van der Waals surface area contributed by atoms with Crippen molar-refractivity contribution in [2.75, 3.05) is 28.3 Å². The number of hydrogen-bond donors (Lipinski definition) is 1. The van der Waals surface area contributed by atoms with Crippen LogP contribution in [0.1, 0.15) is 35.2 Å². The molecule has 2 aromatic rings. The van der Waals surface area contributed by atoms with Crippen LogP contribution in [0, 0.1) is 18.3 Å². The summed E-state index contributed by atoms with van der Waals surface area (Å²) in [6.45, 7) is 4.17. The Morgan fingerprint density at radius 3 is 2.75 bits per heavy atom. The first-order chi connectivity index (χ1) is 13.3. The molecule has 146 valence electrons. The molecule has 1 fully saturated rings. The predicted molar refractivity (Wildman–Crippen MR) is 106 cm³/mol. The molecule has 1 N–H and O–H groups in total. The third-order valence-corrected chi connectivity index (χ3v) is 6.39. The number of nitrogens with one attached hydrogen (secondary N) is 1. The van der Waals surface area contributed by atoms with Gasteiger partial charge in [0, 0.05) is 18.7 Å². The fraction of sp³-hybridized carbons (Fsp3) is 0.368. The molecule has 1 aliphatic heterocycles. The molecule has 1 atom stereocenters. The van der Waals surface area contributed by atoms with Gasteiger partial charge in [-0.1, -0.05) is 12.1 Å². The van der Waals surface area contributed by atoms with Crippen LogP contribution >= 0.6 is 0 Å². The second kappa shape index (κ2) is 7.94. The maximum absolute atomic E-state index is 12.7. The highest BCUT2D eigenvalue weighted by atomic mass is 32.2. The highest BCUT2D eigenvalue weighted by Gasteiger charge is 2.32. The Morgan fingerprint density at radius 1 is 1.36 bits per heavy atom. The van der Waals surface area contributed by atoms with Crippen molar-refractivity contribution in [2.45, 2.75) is 26.3 Å². The molecule has 0 saturated carbocycles. The summed E-state index contributed by atoms with van der Waals surface area (Å²) in [6.07, 6.45) is 0.538. The largest absolute Gasteiger partial charge is 0.353 e. The molecule has 3 rings (SSSR count). The number of carbonyl (C=O) groups is 1. The zero-order valence-corrected chi connectivity index (χ0v) is 16.5. The number of benzene rings is 1. The molecule has 1 aromatic carbocycles. The minimum absolute atomic E-state index is 0.0843. The predicted octanol–water partition coefficient (Wildman–Crippen LogP) is 1.92. The van der Waals surface area contributed by atoms with Crippen molar-refractivity contribution < 1.29 is 13.2 Å². The summed E-state index contributed by atoms with van der Waals surface area (Å²) in [6, 6.07) is 10.1. The Balaban J connectivity index is 1.88. The van der Waals surface area contributed by atoms with Crippen molar-refractivity contribution in [3.05, 3.63) is 47.4 Å². The van der Waals surface area contributed by atoms with Crippen molar-refractivity contribution in [1.82, 2.24) is 9.97 Å². The molecule has 1 amide bonds. The van der Waals surface area contributed by atoms with Gasteiger partial charge >= 0.3 is 0 Å². The number of aromatic nitrogens is 2. The Hall–Kier alpha value is -2.99. The average molecular weight is 399 g/mol. The van der Waals surface area contributed by atoms with E-state index in [1.165, 1.54) is 0 Å². The van der Waals surface area contributed by atoms with Crippen molar-refractivity contribution in [2.24, 2.45) is 0 Å². The van der Waals surface area contributed by atoms with E-state index >= 15 is 0 Å². The molecule has 0 radical (unpaired) electrons. The molecule has 1 aliphatic rings. The maximum atomic E-state index is 12.7. The highest BCUT2D eigenvalue weighted by Crippen LogP contribution is 2.24. The monoisotopic (exact) mass is 399 g/mol. The van der Waals surface area contributed by atoms with Gasteiger partial charge in [0.05, 0.1) is 22.8 Å². The van der Waals surface area contributed by atoms with Gasteiger partial charge in [-0.15, -0.1) is 0 Å². The maximum Gasteiger partial charge on any atom is 0.274 e. The summed E-state index contributed by atoms with van der Waals surface area (Å²) in [5, 5.41) is 11.9. The van der Waals surface area contributed by atoms with E-state index in [0.717, 1.165) is 0 Å². The molecular formula is C19H21N5O3S. The Kier molecular flexibility index (Phi) is 5.61. The van der Waals surface area contributed by atoms with Crippen LogP contribution in [0.5, 0.6) is 0 Å². The summed E-state index contributed by atoms with van der Waals surface area (Å²) < 4.78 is 23.7. The fourth-order valence-electron chi connectivity index (χ4n) is 3.32. The van der Waals surface area contributed by atoms with Gasteiger partial charge in [-0.25, -0.2) is 18.4 Å². The number of carbonyl (C=O) groups excluding carboxylic acids is 1. The Labute approximate surface area is 164 Å². The van der Waals surface area contributed by atoms with E-state index in [4.69, 9.17) is 0 Å². The Bertz CT molecular complexity index is 1050. The molecule has 1 unspecified atom stereocenters. The van der Waals surface area contributed by atoms with Gasteiger partial charge in [-0.05, 0) is 32.4 Å². The number of nitriles is 1. The van der Waals surface area contributed by atoms with Gasteiger partial charge in [-0.3, -0.25) is 4.79 Å². The second-order valence-corrected chi connectivity index (χ2v) is 8.84. The second-order valence-electron chi connectivity index (χ2n) is 6.61. The van der Waals surface area contributed by atoms with Crippen molar-refractivity contribution >= 4 is 27.2 Å². The van der Waals surface area contributed by atoms with E-state index in [2.05, 4.69) is 15.3 Å². The normalized spacial score (nSPS) is 17.7. The molecule has 1 aromatic heterocycles. The number of amides is 1. The molecule has 28 heavy (non-hydrogen) atoms. The number of rotatable bonds is 5. The molecule has 2 heterocycles. The zero-order valence-electron chi connectivity index (χ0n) is 15.7. The van der Waals surface area contributed by atoms with E-state index in [9.17, 15) is 18.5 Å². The summed E-state index contributed by atoms with van der Waals surface area (Å²) in [4.78, 5) is 23.2. The molecule has 1 saturated heterocycles. The van der Waals surface area contributed by atoms with Crippen LogP contribution in [0.4, 0.5) is 11.5 Å². The van der Waals surface area contributed by atoms with Crippen LogP contribution < -0.4 is 10.2 Å². The third-order valence-electron chi connectivity index (χ3n) is 4.64.